The molecular formula is C58H66N9O10+. The SMILES string of the molecule is CC(C)C[C@@H](C(=O)N[C@H](Cc1ccc(C(=O)c2ccccc2)cc1)C(=O)NCCCCc1cn(CCCNC(=O)c2ccc(-c3c4ccc(=[N+](C)C)cc-4oc4cc(N(C)C)ccc34)c(C(=O)O)c2)nn1)[C@@H](O)C(=O)NO. The number of nitrogens with one attached hydrogen (secondary N) is 4. The second-order valence-corrected chi connectivity index (χ2v) is 19.8. The molecule has 19 nitrogen and oxygen atoms in total. The Morgan fingerprint density at radius 3 is 2.16 bits per heavy atom. The molecule has 19 heteroatoms. The van der Waals surface area contributed by atoms with Crippen LogP contribution in [0, 0.1) is 11.8 Å². The summed E-state index contributed by atoms with van der Waals surface area (Å²) in [5.41, 5.74) is 7.29. The first-order chi connectivity index (χ1) is 36.9. The largest absolute Gasteiger partial charge is 0.478 e. The minimum Gasteiger partial charge on any atom is -0.478 e. The molecule has 7 N–H and O–H groups in total. The number of anilines is 1. The van der Waals surface area contributed by atoms with E-state index in [-0.39, 0.29) is 48.8 Å². The molecule has 1 aliphatic carbocycles. The zero-order valence-electron chi connectivity index (χ0n) is 44.1. The predicted octanol–water partition coefficient (Wildman–Crippen LogP) is 5.34. The fourth-order valence-corrected chi connectivity index (χ4v) is 9.08. The molecule has 5 aromatic rings. The van der Waals surface area contributed by atoms with Crippen LogP contribution in [0.25, 0.3) is 33.4 Å². The van der Waals surface area contributed by atoms with Crippen molar-refractivity contribution in [2.75, 3.05) is 46.2 Å². The van der Waals surface area contributed by atoms with Crippen LogP contribution in [0.1, 0.15) is 87.4 Å². The van der Waals surface area contributed by atoms with Crippen molar-refractivity contribution in [3.63, 3.8) is 0 Å². The first kappa shape index (κ1) is 56.2. The van der Waals surface area contributed by atoms with Gasteiger partial charge >= 0.3 is 5.97 Å². The van der Waals surface area contributed by atoms with Crippen molar-refractivity contribution in [1.82, 2.24) is 41.0 Å². The predicted molar refractivity (Wildman–Crippen MR) is 290 cm³/mol. The van der Waals surface area contributed by atoms with E-state index in [1.165, 1.54) is 11.5 Å². The smallest absolute Gasteiger partial charge is 0.336 e. The number of aliphatic hydroxyl groups is 1. The minimum atomic E-state index is -1.86. The van der Waals surface area contributed by atoms with Crippen LogP contribution in [0.4, 0.5) is 5.69 Å². The maximum Gasteiger partial charge on any atom is 0.336 e. The van der Waals surface area contributed by atoms with Gasteiger partial charge in [-0.25, -0.2) is 14.9 Å². The number of aromatic nitrogens is 3. The molecule has 0 bridgehead atoms. The van der Waals surface area contributed by atoms with E-state index < -0.39 is 47.7 Å². The van der Waals surface area contributed by atoms with Crippen LogP contribution in [0.5, 0.6) is 0 Å². The average Bonchev–Trinajstić information content (AvgIpc) is 3.89. The maximum atomic E-state index is 13.7. The lowest BCUT2D eigenvalue weighted by atomic mass is 9.89. The Morgan fingerprint density at radius 1 is 0.766 bits per heavy atom. The number of hydroxylamine groups is 1. The molecule has 4 aromatic carbocycles. The number of hydrogen-bond donors (Lipinski definition) is 7. The summed E-state index contributed by atoms with van der Waals surface area (Å²) in [6.07, 6.45) is 2.35. The Balaban J connectivity index is 0.926. The van der Waals surface area contributed by atoms with Gasteiger partial charge < -0.3 is 35.5 Å². The molecule has 0 saturated carbocycles. The normalized spacial score (nSPS) is 12.4. The van der Waals surface area contributed by atoms with Crippen molar-refractivity contribution in [1.29, 1.82) is 0 Å². The van der Waals surface area contributed by atoms with Gasteiger partial charge in [0.1, 0.15) is 37.6 Å². The molecule has 77 heavy (non-hydrogen) atoms. The van der Waals surface area contributed by atoms with Crippen LogP contribution in [0.3, 0.4) is 0 Å². The molecule has 4 amide bonds. The number of hydrogen-bond acceptors (Lipinski definition) is 12. The van der Waals surface area contributed by atoms with E-state index in [0.717, 1.165) is 27.7 Å². The number of aryl methyl sites for hydroxylation is 2. The molecule has 0 spiro atoms. The Hall–Kier alpha value is -8.55. The fourth-order valence-electron chi connectivity index (χ4n) is 9.08. The first-order valence-corrected chi connectivity index (χ1v) is 25.5. The highest BCUT2D eigenvalue weighted by Crippen LogP contribution is 2.42. The number of rotatable bonds is 24. The van der Waals surface area contributed by atoms with E-state index in [1.807, 2.05) is 100 Å². The topological polar surface area (TPSA) is 261 Å². The molecule has 0 unspecified atom stereocenters. The Bertz CT molecular complexity index is 3290. The molecule has 2 heterocycles. The summed E-state index contributed by atoms with van der Waals surface area (Å²) < 4.78 is 10.1. The molecule has 2 aliphatic rings. The van der Waals surface area contributed by atoms with Crippen LogP contribution >= 0.6 is 0 Å². The van der Waals surface area contributed by atoms with Crippen LogP contribution in [0.2, 0.25) is 0 Å². The van der Waals surface area contributed by atoms with Crippen molar-refractivity contribution >= 4 is 52.0 Å². The van der Waals surface area contributed by atoms with Crippen LogP contribution in [-0.2, 0) is 33.8 Å². The number of aliphatic hydroxyl groups excluding tert-OH is 1. The number of carbonyl (C=O) groups is 6. The van der Waals surface area contributed by atoms with Gasteiger partial charge in [0, 0.05) is 97.4 Å². The van der Waals surface area contributed by atoms with E-state index >= 15 is 0 Å². The lowest BCUT2D eigenvalue weighted by Gasteiger charge is -2.26. The number of benzene rings is 5. The van der Waals surface area contributed by atoms with Crippen LogP contribution in [0.15, 0.2) is 120 Å². The van der Waals surface area contributed by atoms with Gasteiger partial charge in [0.2, 0.25) is 17.2 Å². The van der Waals surface area contributed by atoms with E-state index in [2.05, 4.69) is 26.3 Å². The summed E-state index contributed by atoms with van der Waals surface area (Å²) in [7, 11) is 7.73. The number of nitrogens with zero attached hydrogens (tertiary/aromatic N) is 5. The van der Waals surface area contributed by atoms with Gasteiger partial charge in [0.25, 0.3) is 11.8 Å². The molecule has 0 radical (unpaired) electrons. The Kier molecular flexibility index (Phi) is 18.8. The molecule has 0 saturated heterocycles. The molecule has 0 fully saturated rings. The standard InChI is InChI=1S/C58H65N9O10/c1-35(2)29-47(53(69)57(73)63-76)55(71)61-48(30-36-16-18-38(19-17-36)52(68)37-13-8-7-9-14-37)56(72)60-26-11-10-15-40-34-67(64-62-40)28-12-27-59-54(70)39-20-23-43(46(31-39)58(74)75)51-44-24-21-41(65(3)4)32-49(44)77-50-33-42(66(5)6)22-25-45(50)51/h7-9,13-14,16-25,31-35,47-48,53,69H,10-12,15,26-30H2,1-6H3,(H5-,59,60,61,62,63,64,70,71,72,73,74,75,76)/p+1/t47-,48-,53-/m1/s1. The monoisotopic (exact) mass is 1050 g/mol. The summed E-state index contributed by atoms with van der Waals surface area (Å²) in [6, 6.07) is 30.7. The minimum absolute atomic E-state index is 0.0252. The van der Waals surface area contributed by atoms with Gasteiger partial charge in [-0.15, -0.1) is 5.10 Å². The Morgan fingerprint density at radius 2 is 1.47 bits per heavy atom. The average molecular weight is 1050 g/mol. The number of carbonyl (C=O) groups excluding carboxylic acids is 5. The van der Waals surface area contributed by atoms with Gasteiger partial charge in [-0.3, -0.25) is 33.9 Å². The van der Waals surface area contributed by atoms with E-state index in [9.17, 15) is 44.2 Å². The van der Waals surface area contributed by atoms with E-state index in [4.69, 9.17) is 4.42 Å². The molecular weight excluding hydrogens is 983 g/mol. The highest BCUT2D eigenvalue weighted by atomic mass is 16.5. The Labute approximate surface area is 445 Å². The summed E-state index contributed by atoms with van der Waals surface area (Å²) >= 11 is 0. The van der Waals surface area contributed by atoms with Crippen molar-refractivity contribution in [2.45, 2.75) is 71.1 Å². The van der Waals surface area contributed by atoms with Gasteiger partial charge in [-0.05, 0) is 79.5 Å². The van der Waals surface area contributed by atoms with E-state index in [1.54, 1.807) is 65.3 Å². The zero-order chi connectivity index (χ0) is 55.3. The van der Waals surface area contributed by atoms with Gasteiger partial charge in [0.05, 0.1) is 23.2 Å². The summed E-state index contributed by atoms with van der Waals surface area (Å²) in [6.45, 7) is 4.62. The summed E-state index contributed by atoms with van der Waals surface area (Å²) in [5.74, 6) is -4.93. The van der Waals surface area contributed by atoms with Gasteiger partial charge in [-0.2, -0.15) is 0 Å². The molecule has 1 aliphatic heterocycles. The number of aromatic carboxylic acids is 1. The van der Waals surface area contributed by atoms with Gasteiger partial charge in [0.15, 0.2) is 5.78 Å². The third-order valence-electron chi connectivity index (χ3n) is 13.2. The lowest BCUT2D eigenvalue weighted by molar-refractivity contribution is -0.147. The van der Waals surface area contributed by atoms with Gasteiger partial charge in [-0.1, -0.05) is 79.7 Å². The van der Waals surface area contributed by atoms with Crippen molar-refractivity contribution in [3.8, 4) is 22.5 Å². The molecule has 3 atom stereocenters. The molecule has 402 valence electrons. The third kappa shape index (κ3) is 14.2. The number of carboxylic acid groups (broad SMARTS) is 1. The maximum absolute atomic E-state index is 13.7. The molecule has 1 aromatic heterocycles. The quantitative estimate of drug-likeness (QED) is 0.0101. The van der Waals surface area contributed by atoms with E-state index in [0.29, 0.717) is 71.4 Å². The zero-order valence-corrected chi connectivity index (χ0v) is 44.1. The second kappa shape index (κ2) is 25.8. The molecule has 7 rings (SSSR count). The van der Waals surface area contributed by atoms with Crippen molar-refractivity contribution in [2.24, 2.45) is 11.8 Å². The third-order valence-corrected chi connectivity index (χ3v) is 13.2. The number of unbranched alkanes of at least 4 members (excludes halogenated alkanes) is 1. The number of fused-ring (bicyclic) bond motifs is 2. The first-order valence-electron chi connectivity index (χ1n) is 25.5. The van der Waals surface area contributed by atoms with Crippen LogP contribution < -0.4 is 36.3 Å². The lowest BCUT2D eigenvalue weighted by Crippen LogP contribution is -2.53. The van der Waals surface area contributed by atoms with Crippen molar-refractivity contribution < 1.29 is 48.6 Å². The number of amides is 4. The summed E-state index contributed by atoms with van der Waals surface area (Å²) in [4.78, 5) is 80.8. The van der Waals surface area contributed by atoms with Crippen molar-refractivity contribution in [3.05, 3.63) is 154 Å². The fraction of sp³-hybridized carbons (Fsp3) is 0.328. The highest BCUT2D eigenvalue weighted by Gasteiger charge is 2.35. The number of ketones is 1. The summed E-state index contributed by atoms with van der Waals surface area (Å²) in [5, 5.41) is 49.0. The highest BCUT2D eigenvalue weighted by molar-refractivity contribution is 6.10. The second-order valence-electron chi connectivity index (χ2n) is 19.8. The number of carboxylic acids is 1. The van der Waals surface area contributed by atoms with Crippen LogP contribution in [-0.4, -0.2) is 119 Å².